The number of rotatable bonds is 16. The van der Waals surface area contributed by atoms with Crippen molar-refractivity contribution in [3.05, 3.63) is 29.8 Å². The van der Waals surface area contributed by atoms with E-state index in [0.29, 0.717) is 5.56 Å². The Morgan fingerprint density at radius 1 is 0.756 bits per heavy atom. The number of nitrogens with one attached hydrogen (secondary N) is 5. The molecule has 41 heavy (non-hydrogen) atoms. The molecule has 0 saturated carbocycles. The Balaban J connectivity index is 2.84. The maximum atomic E-state index is 12.9. The number of carboxylic acid groups (broad SMARTS) is 2. The number of carbonyl (C=O) groups is 7. The number of aliphatic carboxylic acids is 2. The number of carbonyl (C=O) groups excluding carboxylic acids is 5. The molecule has 0 aromatic heterocycles. The summed E-state index contributed by atoms with van der Waals surface area (Å²) in [7, 11) is 0. The van der Waals surface area contributed by atoms with Crippen LogP contribution >= 0.6 is 0 Å². The topological polar surface area (TPSA) is 266 Å². The van der Waals surface area contributed by atoms with Gasteiger partial charge in [0.15, 0.2) is 0 Å². The highest BCUT2D eigenvalue weighted by Gasteiger charge is 2.28. The molecule has 0 bridgehead atoms. The van der Waals surface area contributed by atoms with Crippen LogP contribution in [0.5, 0.6) is 5.75 Å². The van der Waals surface area contributed by atoms with Crippen LogP contribution < -0.4 is 32.3 Å². The molecule has 0 unspecified atom stereocenters. The largest absolute Gasteiger partial charge is 0.508 e. The molecule has 0 aliphatic rings. The second-order valence-corrected chi connectivity index (χ2v) is 9.48. The molecule has 1 aromatic carbocycles. The fourth-order valence-electron chi connectivity index (χ4n) is 3.21. The van der Waals surface area contributed by atoms with Crippen molar-refractivity contribution >= 4 is 41.5 Å². The Hall–Kier alpha value is -4.73. The lowest BCUT2D eigenvalue weighted by Gasteiger charge is -2.22. The van der Waals surface area contributed by atoms with Gasteiger partial charge in [0.25, 0.3) is 0 Å². The Bertz CT molecular complexity index is 1120. The summed E-state index contributed by atoms with van der Waals surface area (Å²) < 4.78 is 0. The van der Waals surface area contributed by atoms with E-state index >= 15 is 0 Å². The van der Waals surface area contributed by atoms with Gasteiger partial charge < -0.3 is 47.6 Å². The van der Waals surface area contributed by atoms with E-state index in [9.17, 15) is 38.7 Å². The van der Waals surface area contributed by atoms with Crippen LogP contribution in [0.1, 0.15) is 32.8 Å². The average Bonchev–Trinajstić information content (AvgIpc) is 2.89. The zero-order valence-electron chi connectivity index (χ0n) is 22.8. The summed E-state index contributed by atoms with van der Waals surface area (Å²) >= 11 is 0. The summed E-state index contributed by atoms with van der Waals surface area (Å²) in [4.78, 5) is 84.1. The number of hydrogen-bond donors (Lipinski definition) is 9. The summed E-state index contributed by atoms with van der Waals surface area (Å²) in [5, 5.41) is 38.6. The minimum absolute atomic E-state index is 0.00677. The lowest BCUT2D eigenvalue weighted by molar-refractivity contribution is -0.142. The van der Waals surface area contributed by atoms with E-state index in [-0.39, 0.29) is 18.1 Å². The molecule has 16 heteroatoms. The molecule has 0 saturated heterocycles. The lowest BCUT2D eigenvalue weighted by Crippen LogP contribution is -2.55. The van der Waals surface area contributed by atoms with Gasteiger partial charge in [-0.1, -0.05) is 26.0 Å². The van der Waals surface area contributed by atoms with Gasteiger partial charge in [0.2, 0.25) is 29.5 Å². The maximum Gasteiger partial charge on any atom is 0.325 e. The number of phenols is 1. The predicted molar refractivity (Wildman–Crippen MR) is 142 cm³/mol. The number of nitrogens with two attached hydrogens (primary N) is 1. The van der Waals surface area contributed by atoms with Crippen LogP contribution in [0.4, 0.5) is 0 Å². The summed E-state index contributed by atoms with van der Waals surface area (Å²) in [5.41, 5.74) is 6.44. The zero-order chi connectivity index (χ0) is 31.3. The van der Waals surface area contributed by atoms with Crippen LogP contribution in [0.25, 0.3) is 0 Å². The Morgan fingerprint density at radius 2 is 1.27 bits per heavy atom. The van der Waals surface area contributed by atoms with E-state index in [1.54, 1.807) is 13.8 Å². The van der Waals surface area contributed by atoms with Gasteiger partial charge in [-0.3, -0.25) is 33.6 Å². The van der Waals surface area contributed by atoms with Gasteiger partial charge in [-0.2, -0.15) is 0 Å². The quantitative estimate of drug-likeness (QED) is 0.0962. The van der Waals surface area contributed by atoms with Gasteiger partial charge in [0.05, 0.1) is 25.6 Å². The van der Waals surface area contributed by atoms with E-state index in [0.717, 1.165) is 0 Å². The number of amides is 5. The van der Waals surface area contributed by atoms with Crippen molar-refractivity contribution in [2.75, 3.05) is 13.1 Å². The smallest absolute Gasteiger partial charge is 0.325 e. The van der Waals surface area contributed by atoms with Crippen molar-refractivity contribution in [1.29, 1.82) is 0 Å². The standard InChI is InChI=1S/C25H36N6O10/c1-12(2)21(26)24(39)31-16(8-14-4-6-15(32)7-5-14)22(37)28-11-19(34)30-17(9-20(35)36)23(38)27-10-18(33)29-13(3)25(40)41/h4-7,12-13,16-17,21,32H,8-11,26H2,1-3H3,(H,27,38)(H,28,37)(H,29,33)(H,30,34)(H,31,39)(H,35,36)(H,40,41)/t13-,16-,17-,21-/m0/s1. The van der Waals surface area contributed by atoms with Gasteiger partial charge in [0, 0.05) is 6.42 Å². The Kier molecular flexibility index (Phi) is 13.7. The monoisotopic (exact) mass is 580 g/mol. The first-order valence-corrected chi connectivity index (χ1v) is 12.5. The zero-order valence-corrected chi connectivity index (χ0v) is 22.8. The molecule has 0 heterocycles. The molecule has 0 aliphatic heterocycles. The molecule has 0 fully saturated rings. The number of benzene rings is 1. The van der Waals surface area contributed by atoms with E-state index in [1.165, 1.54) is 31.2 Å². The Labute approximate surface area is 235 Å². The van der Waals surface area contributed by atoms with E-state index in [2.05, 4.69) is 26.6 Å². The highest BCUT2D eigenvalue weighted by Crippen LogP contribution is 2.12. The number of phenolic OH excluding ortho intramolecular Hbond substituents is 1. The van der Waals surface area contributed by atoms with Gasteiger partial charge >= 0.3 is 11.9 Å². The van der Waals surface area contributed by atoms with Crippen LogP contribution in [0.3, 0.4) is 0 Å². The van der Waals surface area contributed by atoms with E-state index in [1.807, 2.05) is 0 Å². The Morgan fingerprint density at radius 3 is 1.76 bits per heavy atom. The van der Waals surface area contributed by atoms with Crippen molar-refractivity contribution in [1.82, 2.24) is 26.6 Å². The summed E-state index contributed by atoms with van der Waals surface area (Å²) in [6.45, 7) is 3.25. The van der Waals surface area contributed by atoms with Crippen molar-refractivity contribution in [2.24, 2.45) is 11.7 Å². The number of aromatic hydroxyl groups is 1. The van der Waals surface area contributed by atoms with Crippen LogP contribution in [0, 0.1) is 5.92 Å². The second-order valence-electron chi connectivity index (χ2n) is 9.48. The van der Waals surface area contributed by atoms with Crippen LogP contribution in [0.15, 0.2) is 24.3 Å². The fourth-order valence-corrected chi connectivity index (χ4v) is 3.21. The van der Waals surface area contributed by atoms with Gasteiger partial charge in [-0.25, -0.2) is 0 Å². The molecule has 0 aliphatic carbocycles. The van der Waals surface area contributed by atoms with Crippen molar-refractivity contribution in [2.45, 2.75) is 57.8 Å². The summed E-state index contributed by atoms with van der Waals surface area (Å²) in [6.07, 6.45) is -0.873. The van der Waals surface area contributed by atoms with Crippen molar-refractivity contribution in [3.8, 4) is 5.75 Å². The average molecular weight is 581 g/mol. The molecule has 16 nitrogen and oxygen atoms in total. The first-order chi connectivity index (χ1) is 19.1. The lowest BCUT2D eigenvalue weighted by atomic mass is 10.0. The van der Waals surface area contributed by atoms with E-state index in [4.69, 9.17) is 15.9 Å². The van der Waals surface area contributed by atoms with Crippen molar-refractivity contribution < 1.29 is 48.9 Å². The second kappa shape index (κ2) is 16.4. The third kappa shape index (κ3) is 12.8. The predicted octanol–water partition coefficient (Wildman–Crippen LogP) is -2.82. The molecule has 1 rings (SSSR count). The molecule has 0 spiro atoms. The van der Waals surface area contributed by atoms with Gasteiger partial charge in [-0.05, 0) is 30.5 Å². The van der Waals surface area contributed by atoms with Gasteiger partial charge in [-0.15, -0.1) is 0 Å². The van der Waals surface area contributed by atoms with Gasteiger partial charge in [0.1, 0.15) is 23.9 Å². The highest BCUT2D eigenvalue weighted by molar-refractivity contribution is 5.95. The molecule has 5 amide bonds. The molecular formula is C25H36N6O10. The minimum atomic E-state index is -1.63. The maximum absolute atomic E-state index is 12.9. The molecule has 226 valence electrons. The molecule has 10 N–H and O–H groups in total. The molecular weight excluding hydrogens is 544 g/mol. The first-order valence-electron chi connectivity index (χ1n) is 12.5. The molecule has 4 atom stereocenters. The third-order valence-electron chi connectivity index (χ3n) is 5.65. The van der Waals surface area contributed by atoms with Crippen LogP contribution in [0.2, 0.25) is 0 Å². The molecule has 1 aromatic rings. The number of carboxylic acids is 2. The number of hydrogen-bond acceptors (Lipinski definition) is 9. The van der Waals surface area contributed by atoms with Crippen LogP contribution in [-0.4, -0.2) is 94.1 Å². The fraction of sp³-hybridized carbons (Fsp3) is 0.480. The summed E-state index contributed by atoms with van der Waals surface area (Å²) in [6, 6.07) is 0.905. The summed E-state index contributed by atoms with van der Waals surface area (Å²) in [5.74, 6) is -7.23. The SMILES string of the molecule is CC(C)[C@H](N)C(=O)N[C@@H](Cc1ccc(O)cc1)C(=O)NCC(=O)N[C@@H](CC(=O)O)C(=O)NCC(=O)N[C@@H](C)C(=O)O. The third-order valence-corrected chi connectivity index (χ3v) is 5.65. The van der Waals surface area contributed by atoms with Crippen LogP contribution in [-0.2, 0) is 40.0 Å². The molecule has 0 radical (unpaired) electrons. The highest BCUT2D eigenvalue weighted by atomic mass is 16.4. The van der Waals surface area contributed by atoms with Crippen molar-refractivity contribution in [3.63, 3.8) is 0 Å². The first kappa shape index (κ1) is 34.3. The normalized spacial score (nSPS) is 13.6. The van der Waals surface area contributed by atoms with E-state index < -0.39 is 85.2 Å². The minimum Gasteiger partial charge on any atom is -0.508 e.